The Morgan fingerprint density at radius 2 is 2.00 bits per heavy atom. The van der Waals surface area contributed by atoms with Gasteiger partial charge in [0.15, 0.2) is 5.96 Å². The molecule has 31 heavy (non-hydrogen) atoms. The van der Waals surface area contributed by atoms with Gasteiger partial charge in [-0.15, -0.1) is 34.2 Å². The van der Waals surface area contributed by atoms with Crippen LogP contribution in [-0.4, -0.2) is 48.0 Å². The number of guanidine groups is 1. The minimum absolute atomic E-state index is 0. The number of halogens is 1. The molecule has 9 heteroatoms. The first kappa shape index (κ1) is 25.2. The number of hydrogen-bond acceptors (Lipinski definition) is 5. The van der Waals surface area contributed by atoms with Crippen LogP contribution in [-0.2, 0) is 25.9 Å². The van der Waals surface area contributed by atoms with Crippen molar-refractivity contribution in [3.63, 3.8) is 0 Å². The normalized spacial score (nSPS) is 13.6. The van der Waals surface area contributed by atoms with Crippen molar-refractivity contribution in [2.75, 3.05) is 27.3 Å². The third kappa shape index (κ3) is 7.26. The summed E-state index contributed by atoms with van der Waals surface area (Å²) in [5, 5.41) is 15.5. The third-order valence-electron chi connectivity index (χ3n) is 5.30. The highest BCUT2D eigenvalue weighted by molar-refractivity contribution is 14.0. The standard InChI is InChI=1S/C22H34N6O2.HI/c1-4-23-22(25-16-17-11-12-18(29-2)15-19(17)30-3)24-13-8-10-21-27-26-20-9-6-5-7-14-28(20)21;/h11-12,15H,4-10,13-14,16H2,1-3H3,(H2,23,24,25);1H. The van der Waals surface area contributed by atoms with E-state index in [4.69, 9.17) is 14.5 Å². The summed E-state index contributed by atoms with van der Waals surface area (Å²) >= 11 is 0. The zero-order chi connectivity index (χ0) is 21.2. The van der Waals surface area contributed by atoms with Gasteiger partial charge in [-0.1, -0.05) is 6.42 Å². The van der Waals surface area contributed by atoms with Crippen LogP contribution in [0.4, 0.5) is 0 Å². The molecule has 0 saturated heterocycles. The Morgan fingerprint density at radius 3 is 2.77 bits per heavy atom. The van der Waals surface area contributed by atoms with Gasteiger partial charge in [-0.3, -0.25) is 0 Å². The minimum Gasteiger partial charge on any atom is -0.497 e. The zero-order valence-electron chi connectivity index (χ0n) is 18.8. The summed E-state index contributed by atoms with van der Waals surface area (Å²) < 4.78 is 13.1. The number of benzene rings is 1. The molecule has 0 amide bonds. The Morgan fingerprint density at radius 1 is 1.13 bits per heavy atom. The van der Waals surface area contributed by atoms with Gasteiger partial charge in [0.1, 0.15) is 23.1 Å². The Bertz CT molecular complexity index is 839. The van der Waals surface area contributed by atoms with E-state index in [1.807, 2.05) is 18.2 Å². The fraction of sp³-hybridized carbons (Fsp3) is 0.591. The van der Waals surface area contributed by atoms with Crippen molar-refractivity contribution >= 4 is 29.9 Å². The number of hydrogen-bond donors (Lipinski definition) is 2. The van der Waals surface area contributed by atoms with Crippen molar-refractivity contribution < 1.29 is 9.47 Å². The summed E-state index contributed by atoms with van der Waals surface area (Å²) in [5.74, 6) is 4.62. The molecule has 2 aromatic rings. The predicted octanol–water partition coefficient (Wildman–Crippen LogP) is 3.33. The lowest BCUT2D eigenvalue weighted by Gasteiger charge is -2.13. The second-order valence-corrected chi connectivity index (χ2v) is 7.40. The van der Waals surface area contributed by atoms with E-state index >= 15 is 0 Å². The maximum absolute atomic E-state index is 5.47. The third-order valence-corrected chi connectivity index (χ3v) is 5.30. The molecule has 0 aliphatic carbocycles. The van der Waals surface area contributed by atoms with E-state index < -0.39 is 0 Å². The van der Waals surface area contributed by atoms with E-state index in [9.17, 15) is 0 Å². The number of ether oxygens (including phenoxy) is 2. The minimum atomic E-state index is 0. The van der Waals surface area contributed by atoms with Gasteiger partial charge in [0.05, 0.1) is 20.8 Å². The maximum atomic E-state index is 5.47. The molecule has 0 radical (unpaired) electrons. The number of nitrogens with zero attached hydrogens (tertiary/aromatic N) is 4. The molecule has 1 aliphatic heterocycles. The highest BCUT2D eigenvalue weighted by Crippen LogP contribution is 2.25. The van der Waals surface area contributed by atoms with Gasteiger partial charge in [0.2, 0.25) is 0 Å². The van der Waals surface area contributed by atoms with Crippen LogP contribution in [0.25, 0.3) is 0 Å². The van der Waals surface area contributed by atoms with Crippen LogP contribution in [0.3, 0.4) is 0 Å². The van der Waals surface area contributed by atoms with Gasteiger partial charge in [-0.05, 0) is 38.3 Å². The second kappa shape index (κ2) is 13.4. The van der Waals surface area contributed by atoms with Crippen molar-refractivity contribution in [2.45, 2.75) is 58.5 Å². The van der Waals surface area contributed by atoms with Crippen LogP contribution in [0.15, 0.2) is 23.2 Å². The largest absolute Gasteiger partial charge is 0.497 e. The van der Waals surface area contributed by atoms with E-state index in [2.05, 4.69) is 32.3 Å². The van der Waals surface area contributed by atoms with Gasteiger partial charge in [-0.25, -0.2) is 4.99 Å². The second-order valence-electron chi connectivity index (χ2n) is 7.40. The van der Waals surface area contributed by atoms with Gasteiger partial charge < -0.3 is 24.7 Å². The summed E-state index contributed by atoms with van der Waals surface area (Å²) in [7, 11) is 3.31. The summed E-state index contributed by atoms with van der Waals surface area (Å²) in [6, 6.07) is 5.80. The molecule has 1 aromatic carbocycles. The van der Waals surface area contributed by atoms with Crippen LogP contribution in [0.5, 0.6) is 11.5 Å². The van der Waals surface area contributed by atoms with E-state index in [0.29, 0.717) is 6.54 Å². The fourth-order valence-corrected chi connectivity index (χ4v) is 3.67. The average molecular weight is 542 g/mol. The number of aromatic nitrogens is 3. The molecule has 0 fully saturated rings. The number of methoxy groups -OCH3 is 2. The van der Waals surface area contributed by atoms with Crippen molar-refractivity contribution in [3.05, 3.63) is 35.4 Å². The Balaban J connectivity index is 0.00000341. The maximum Gasteiger partial charge on any atom is 0.191 e. The lowest BCUT2D eigenvalue weighted by Crippen LogP contribution is -2.37. The average Bonchev–Trinajstić information content (AvgIpc) is 3.00. The Hall–Kier alpha value is -2.04. The number of nitrogens with one attached hydrogen (secondary N) is 2. The lowest BCUT2D eigenvalue weighted by molar-refractivity contribution is 0.391. The number of aliphatic imine (C=N–C) groups is 1. The lowest BCUT2D eigenvalue weighted by atomic mass is 10.2. The summed E-state index contributed by atoms with van der Waals surface area (Å²) in [4.78, 5) is 4.71. The number of fused-ring (bicyclic) bond motifs is 1. The van der Waals surface area contributed by atoms with E-state index in [-0.39, 0.29) is 24.0 Å². The van der Waals surface area contributed by atoms with E-state index in [0.717, 1.165) is 73.6 Å². The topological polar surface area (TPSA) is 85.6 Å². The first-order valence-corrected chi connectivity index (χ1v) is 10.9. The molecule has 8 nitrogen and oxygen atoms in total. The number of aryl methyl sites for hydroxylation is 2. The molecule has 0 spiro atoms. The zero-order valence-corrected chi connectivity index (χ0v) is 21.1. The molecular weight excluding hydrogens is 507 g/mol. The molecule has 0 bridgehead atoms. The van der Waals surface area contributed by atoms with Crippen molar-refractivity contribution in [1.82, 2.24) is 25.4 Å². The van der Waals surface area contributed by atoms with Crippen molar-refractivity contribution in [3.8, 4) is 11.5 Å². The van der Waals surface area contributed by atoms with Crippen LogP contribution in [0, 0.1) is 0 Å². The molecule has 1 aliphatic rings. The Labute approximate surface area is 202 Å². The molecule has 2 N–H and O–H groups in total. The number of rotatable bonds is 9. The van der Waals surface area contributed by atoms with Crippen LogP contribution >= 0.6 is 24.0 Å². The van der Waals surface area contributed by atoms with Gasteiger partial charge in [-0.2, -0.15) is 0 Å². The molecule has 1 aromatic heterocycles. The molecule has 0 unspecified atom stereocenters. The van der Waals surface area contributed by atoms with Crippen LogP contribution < -0.4 is 20.1 Å². The fourth-order valence-electron chi connectivity index (χ4n) is 3.67. The molecule has 172 valence electrons. The van der Waals surface area contributed by atoms with Crippen molar-refractivity contribution in [1.29, 1.82) is 0 Å². The SMILES string of the molecule is CCNC(=NCc1ccc(OC)cc1OC)NCCCc1nnc2n1CCCCC2.I. The first-order valence-electron chi connectivity index (χ1n) is 10.9. The molecule has 3 rings (SSSR count). The summed E-state index contributed by atoms with van der Waals surface area (Å²) in [5.41, 5.74) is 1.02. The molecule has 0 saturated carbocycles. The monoisotopic (exact) mass is 542 g/mol. The quantitative estimate of drug-likeness (QED) is 0.219. The smallest absolute Gasteiger partial charge is 0.191 e. The van der Waals surface area contributed by atoms with Gasteiger partial charge in [0.25, 0.3) is 0 Å². The first-order chi connectivity index (χ1) is 14.7. The van der Waals surface area contributed by atoms with Gasteiger partial charge >= 0.3 is 0 Å². The van der Waals surface area contributed by atoms with E-state index in [1.54, 1.807) is 14.2 Å². The van der Waals surface area contributed by atoms with Gasteiger partial charge in [0, 0.05) is 44.1 Å². The van der Waals surface area contributed by atoms with Crippen LogP contribution in [0.2, 0.25) is 0 Å². The Kier molecular flexibility index (Phi) is 10.9. The molecule has 0 atom stereocenters. The summed E-state index contributed by atoms with van der Waals surface area (Å²) in [6.07, 6.45) is 6.69. The van der Waals surface area contributed by atoms with Crippen molar-refractivity contribution in [2.24, 2.45) is 4.99 Å². The molecule has 2 heterocycles. The summed E-state index contributed by atoms with van der Waals surface area (Å²) in [6.45, 7) is 5.28. The highest BCUT2D eigenvalue weighted by Gasteiger charge is 2.14. The highest BCUT2D eigenvalue weighted by atomic mass is 127. The van der Waals surface area contributed by atoms with Crippen LogP contribution in [0.1, 0.15) is 49.8 Å². The van der Waals surface area contributed by atoms with E-state index in [1.165, 1.54) is 19.3 Å². The predicted molar refractivity (Wildman–Crippen MR) is 134 cm³/mol. The molecular formula is C22H35IN6O2.